The molecule has 0 saturated carbocycles. The van der Waals surface area contributed by atoms with Gasteiger partial charge in [0.2, 0.25) is 0 Å². The zero-order valence-corrected chi connectivity index (χ0v) is 11.4. The van der Waals surface area contributed by atoms with Gasteiger partial charge in [-0.2, -0.15) is 0 Å². The Kier molecular flexibility index (Phi) is 5.21. The van der Waals surface area contributed by atoms with Crippen LogP contribution in [0.2, 0.25) is 0 Å². The van der Waals surface area contributed by atoms with Gasteiger partial charge in [0.15, 0.2) is 0 Å². The van der Waals surface area contributed by atoms with E-state index in [4.69, 9.17) is 0 Å². The van der Waals surface area contributed by atoms with Crippen molar-refractivity contribution in [2.75, 3.05) is 26.2 Å². The number of hydrogen-bond acceptors (Lipinski definition) is 2. The van der Waals surface area contributed by atoms with Crippen LogP contribution in [0.4, 0.5) is 0 Å². The molecule has 2 rings (SSSR count). The van der Waals surface area contributed by atoms with Gasteiger partial charge in [-0.05, 0) is 49.8 Å². The number of rotatable bonds is 5. The summed E-state index contributed by atoms with van der Waals surface area (Å²) in [5, 5.41) is 9.24. The van der Waals surface area contributed by atoms with Gasteiger partial charge >= 0.3 is 0 Å². The molecule has 1 heterocycles. The molecule has 2 unspecified atom stereocenters. The van der Waals surface area contributed by atoms with E-state index in [2.05, 4.69) is 42.2 Å². The van der Waals surface area contributed by atoms with E-state index in [1.807, 2.05) is 0 Å². The van der Waals surface area contributed by atoms with Crippen molar-refractivity contribution < 1.29 is 5.11 Å². The van der Waals surface area contributed by atoms with Crippen LogP contribution in [0.5, 0.6) is 0 Å². The largest absolute Gasteiger partial charge is 0.396 e. The second-order valence-electron chi connectivity index (χ2n) is 5.59. The van der Waals surface area contributed by atoms with Crippen LogP contribution in [0.1, 0.15) is 37.7 Å². The van der Waals surface area contributed by atoms with Gasteiger partial charge in [0, 0.05) is 13.2 Å². The van der Waals surface area contributed by atoms with Crippen LogP contribution in [0, 0.1) is 5.92 Å². The highest BCUT2D eigenvalue weighted by atomic mass is 16.3. The van der Waals surface area contributed by atoms with Crippen LogP contribution in [0.3, 0.4) is 0 Å². The summed E-state index contributed by atoms with van der Waals surface area (Å²) in [5.41, 5.74) is 1.44. The lowest BCUT2D eigenvalue weighted by Crippen LogP contribution is -2.37. The molecule has 0 radical (unpaired) electrons. The fourth-order valence-electron chi connectivity index (χ4n) is 2.83. The van der Waals surface area contributed by atoms with Crippen molar-refractivity contribution in [1.82, 2.24) is 4.90 Å². The Labute approximate surface area is 111 Å². The highest BCUT2D eigenvalue weighted by Gasteiger charge is 2.19. The molecule has 2 heteroatoms. The predicted octanol–water partition coefficient (Wildman–Crippen LogP) is 2.88. The molecular weight excluding hydrogens is 222 g/mol. The molecule has 2 atom stereocenters. The summed E-state index contributed by atoms with van der Waals surface area (Å²) in [6.07, 6.45) is 3.65. The second-order valence-corrected chi connectivity index (χ2v) is 5.59. The molecule has 100 valence electrons. The summed E-state index contributed by atoms with van der Waals surface area (Å²) in [6.45, 7) is 6.11. The number of nitrogens with zero attached hydrogens (tertiary/aromatic N) is 1. The smallest absolute Gasteiger partial charge is 0.0471 e. The van der Waals surface area contributed by atoms with Gasteiger partial charge in [0.25, 0.3) is 0 Å². The molecule has 1 fully saturated rings. The van der Waals surface area contributed by atoms with E-state index in [9.17, 15) is 5.11 Å². The zero-order chi connectivity index (χ0) is 12.8. The van der Waals surface area contributed by atoms with Crippen LogP contribution in [0.25, 0.3) is 0 Å². The van der Waals surface area contributed by atoms with Gasteiger partial charge in [0.1, 0.15) is 0 Å². The molecule has 1 saturated heterocycles. The van der Waals surface area contributed by atoms with Crippen molar-refractivity contribution in [3.63, 3.8) is 0 Å². The fraction of sp³-hybridized carbons (Fsp3) is 0.625. The van der Waals surface area contributed by atoms with E-state index in [0.29, 0.717) is 18.4 Å². The van der Waals surface area contributed by atoms with Crippen molar-refractivity contribution in [3.8, 4) is 0 Å². The Bertz CT molecular complexity index is 338. The average molecular weight is 247 g/mol. The van der Waals surface area contributed by atoms with Crippen LogP contribution in [-0.2, 0) is 0 Å². The first-order valence-electron chi connectivity index (χ1n) is 7.17. The third-order valence-corrected chi connectivity index (χ3v) is 4.11. The van der Waals surface area contributed by atoms with Crippen LogP contribution < -0.4 is 0 Å². The molecule has 1 aliphatic heterocycles. The third kappa shape index (κ3) is 3.82. The summed E-state index contributed by atoms with van der Waals surface area (Å²) < 4.78 is 0. The van der Waals surface area contributed by atoms with Crippen molar-refractivity contribution in [3.05, 3.63) is 35.9 Å². The maximum absolute atomic E-state index is 9.24. The number of benzene rings is 1. The first-order chi connectivity index (χ1) is 8.79. The molecule has 1 aliphatic rings. The minimum Gasteiger partial charge on any atom is -0.396 e. The molecule has 2 nitrogen and oxygen atoms in total. The number of piperidine rings is 1. The van der Waals surface area contributed by atoms with Crippen molar-refractivity contribution in [2.24, 2.45) is 5.92 Å². The van der Waals surface area contributed by atoms with Crippen LogP contribution in [-0.4, -0.2) is 36.2 Å². The Morgan fingerprint density at radius 2 is 2.11 bits per heavy atom. The second kappa shape index (κ2) is 6.91. The highest BCUT2D eigenvalue weighted by molar-refractivity contribution is 5.18. The fourth-order valence-corrected chi connectivity index (χ4v) is 2.83. The van der Waals surface area contributed by atoms with Gasteiger partial charge in [-0.1, -0.05) is 37.3 Å². The number of aliphatic hydroxyl groups is 1. The summed E-state index contributed by atoms with van der Waals surface area (Å²) in [6, 6.07) is 10.8. The molecule has 0 spiro atoms. The first-order valence-corrected chi connectivity index (χ1v) is 7.17. The molecule has 0 aromatic heterocycles. The quantitative estimate of drug-likeness (QED) is 0.865. The molecular formula is C16H25NO. The Balaban J connectivity index is 1.77. The Morgan fingerprint density at radius 3 is 2.83 bits per heavy atom. The summed E-state index contributed by atoms with van der Waals surface area (Å²) >= 11 is 0. The minimum absolute atomic E-state index is 0.352. The highest BCUT2D eigenvalue weighted by Crippen LogP contribution is 2.21. The van der Waals surface area contributed by atoms with E-state index in [0.717, 1.165) is 13.1 Å². The van der Waals surface area contributed by atoms with Gasteiger partial charge < -0.3 is 10.0 Å². The van der Waals surface area contributed by atoms with Crippen molar-refractivity contribution in [2.45, 2.75) is 32.1 Å². The summed E-state index contributed by atoms with van der Waals surface area (Å²) in [4.78, 5) is 2.52. The standard InChI is InChI=1S/C16H25NO/c1-14(16-7-3-2-4-8-16)9-11-17-10-5-6-15(12-17)13-18/h2-4,7-8,14-15,18H,5-6,9-13H2,1H3. The van der Waals surface area contributed by atoms with E-state index >= 15 is 0 Å². The Hall–Kier alpha value is -0.860. The van der Waals surface area contributed by atoms with E-state index in [-0.39, 0.29) is 0 Å². The molecule has 0 aliphatic carbocycles. The maximum Gasteiger partial charge on any atom is 0.0471 e. The number of likely N-dealkylation sites (tertiary alicyclic amines) is 1. The minimum atomic E-state index is 0.352. The molecule has 1 aromatic rings. The SMILES string of the molecule is CC(CCN1CCCC(CO)C1)c1ccccc1. The normalized spacial score (nSPS) is 22.9. The van der Waals surface area contributed by atoms with E-state index in [1.165, 1.54) is 31.4 Å². The third-order valence-electron chi connectivity index (χ3n) is 4.11. The number of hydrogen-bond donors (Lipinski definition) is 1. The molecule has 0 bridgehead atoms. The van der Waals surface area contributed by atoms with Gasteiger partial charge in [-0.25, -0.2) is 0 Å². The maximum atomic E-state index is 9.24. The van der Waals surface area contributed by atoms with Gasteiger partial charge in [-0.3, -0.25) is 0 Å². The average Bonchev–Trinajstić information content (AvgIpc) is 2.46. The van der Waals surface area contributed by atoms with Gasteiger partial charge in [-0.15, -0.1) is 0 Å². The lowest BCUT2D eigenvalue weighted by molar-refractivity contribution is 0.118. The predicted molar refractivity (Wildman–Crippen MR) is 75.7 cm³/mol. The summed E-state index contributed by atoms with van der Waals surface area (Å²) in [7, 11) is 0. The summed E-state index contributed by atoms with van der Waals surface area (Å²) in [5.74, 6) is 1.13. The first kappa shape index (κ1) is 13.6. The van der Waals surface area contributed by atoms with E-state index in [1.54, 1.807) is 0 Å². The number of aliphatic hydroxyl groups excluding tert-OH is 1. The monoisotopic (exact) mass is 247 g/mol. The molecule has 1 aromatic carbocycles. The van der Waals surface area contributed by atoms with Crippen LogP contribution >= 0.6 is 0 Å². The van der Waals surface area contributed by atoms with Crippen molar-refractivity contribution >= 4 is 0 Å². The van der Waals surface area contributed by atoms with Crippen LogP contribution in [0.15, 0.2) is 30.3 Å². The van der Waals surface area contributed by atoms with Crippen molar-refractivity contribution in [1.29, 1.82) is 0 Å². The Morgan fingerprint density at radius 1 is 1.33 bits per heavy atom. The van der Waals surface area contributed by atoms with Gasteiger partial charge in [0.05, 0.1) is 0 Å². The topological polar surface area (TPSA) is 23.5 Å². The van der Waals surface area contributed by atoms with E-state index < -0.39 is 0 Å². The molecule has 1 N–H and O–H groups in total. The zero-order valence-electron chi connectivity index (χ0n) is 11.4. The molecule has 0 amide bonds. The lowest BCUT2D eigenvalue weighted by Gasteiger charge is -2.32. The lowest BCUT2D eigenvalue weighted by atomic mass is 9.95. The molecule has 18 heavy (non-hydrogen) atoms.